The number of amides is 4. The minimum Gasteiger partial charge on any atom is -0.350 e. The number of carbonyl (C=O) groups is 3. The maximum atomic E-state index is 13.9. The van der Waals surface area contributed by atoms with Gasteiger partial charge in [-0.15, -0.1) is 0 Å². The van der Waals surface area contributed by atoms with Crippen molar-refractivity contribution in [2.45, 2.75) is 25.3 Å². The summed E-state index contributed by atoms with van der Waals surface area (Å²) in [6, 6.07) is 12.8. The van der Waals surface area contributed by atoms with Gasteiger partial charge in [0.05, 0.1) is 0 Å². The van der Waals surface area contributed by atoms with Gasteiger partial charge in [0.2, 0.25) is 11.8 Å². The van der Waals surface area contributed by atoms with Gasteiger partial charge in [-0.3, -0.25) is 24.2 Å². The standard InChI is InChI=1S/C28H31N5O4/c1-29-15-20(21-7-4-5-8-23(21)29)12-28(25(35)30(2)27(37)31(3)26(28)36)17-32-13-18-11-19(16-32)22-9-6-10-24(34)33(22)14-18/h4-10,15,18-19H,11-14,16-17H2,1-3H3/t18-,19-/m0/s1. The molecule has 2 fully saturated rings. The van der Waals surface area contributed by atoms with Crippen LogP contribution >= 0.6 is 0 Å². The average molecular weight is 502 g/mol. The summed E-state index contributed by atoms with van der Waals surface area (Å²) in [6.07, 6.45) is 3.17. The van der Waals surface area contributed by atoms with Crippen LogP contribution in [0.25, 0.3) is 10.9 Å². The molecule has 3 aromatic rings. The van der Waals surface area contributed by atoms with E-state index in [1.165, 1.54) is 14.1 Å². The summed E-state index contributed by atoms with van der Waals surface area (Å²) in [5, 5.41) is 0.996. The maximum absolute atomic E-state index is 13.9. The van der Waals surface area contributed by atoms with Gasteiger partial charge in [0.15, 0.2) is 0 Å². The van der Waals surface area contributed by atoms with E-state index in [1.807, 2.05) is 52.7 Å². The van der Waals surface area contributed by atoms with E-state index in [4.69, 9.17) is 0 Å². The first-order valence-corrected chi connectivity index (χ1v) is 12.7. The summed E-state index contributed by atoms with van der Waals surface area (Å²) in [6.45, 7) is 2.20. The van der Waals surface area contributed by atoms with Gasteiger partial charge in [0, 0.05) is 82.1 Å². The van der Waals surface area contributed by atoms with Gasteiger partial charge >= 0.3 is 6.03 Å². The lowest BCUT2D eigenvalue weighted by atomic mass is 9.75. The molecular formula is C28H31N5O4. The molecular weight excluding hydrogens is 470 g/mol. The average Bonchev–Trinajstić information content (AvgIpc) is 3.21. The molecule has 6 rings (SSSR count). The Kier molecular flexibility index (Phi) is 5.38. The molecule has 0 N–H and O–H groups in total. The molecule has 192 valence electrons. The van der Waals surface area contributed by atoms with Crippen molar-refractivity contribution in [1.29, 1.82) is 0 Å². The molecule has 0 spiro atoms. The van der Waals surface area contributed by atoms with Crippen molar-refractivity contribution in [3.63, 3.8) is 0 Å². The SMILES string of the molecule is CN1C(=O)N(C)C(=O)C(Cc2cn(C)c3ccccc23)(CN2C[C@@H]3C[C@@H](C2)c2cccc(=O)n2C3)C1=O. The van der Waals surface area contributed by atoms with Crippen LogP contribution < -0.4 is 5.56 Å². The Morgan fingerprint density at radius 3 is 2.35 bits per heavy atom. The highest BCUT2D eigenvalue weighted by atomic mass is 16.2. The minimum atomic E-state index is -1.43. The van der Waals surface area contributed by atoms with Crippen molar-refractivity contribution >= 4 is 28.7 Å². The highest BCUT2D eigenvalue weighted by molar-refractivity contribution is 6.19. The molecule has 2 saturated heterocycles. The van der Waals surface area contributed by atoms with E-state index in [1.54, 1.807) is 12.1 Å². The Balaban J connectivity index is 1.40. The summed E-state index contributed by atoms with van der Waals surface area (Å²) in [5.74, 6) is -0.504. The van der Waals surface area contributed by atoms with Crippen LogP contribution in [0.2, 0.25) is 0 Å². The monoisotopic (exact) mass is 501 g/mol. The number of aromatic nitrogens is 2. The van der Waals surface area contributed by atoms with Crippen LogP contribution in [0, 0.1) is 11.3 Å². The fourth-order valence-electron chi connectivity index (χ4n) is 6.87. The van der Waals surface area contributed by atoms with Crippen LogP contribution in [0.3, 0.4) is 0 Å². The number of rotatable bonds is 4. The third kappa shape index (κ3) is 3.55. The molecule has 9 heteroatoms. The van der Waals surface area contributed by atoms with Crippen LogP contribution in [0.5, 0.6) is 0 Å². The number of pyridine rings is 1. The molecule has 1 aromatic carbocycles. The van der Waals surface area contributed by atoms with Crippen LogP contribution in [-0.2, 0) is 29.6 Å². The lowest BCUT2D eigenvalue weighted by Gasteiger charge is -2.48. The number of urea groups is 1. The van der Waals surface area contributed by atoms with Gasteiger partial charge < -0.3 is 14.0 Å². The van der Waals surface area contributed by atoms with E-state index in [9.17, 15) is 19.2 Å². The molecule has 0 aliphatic carbocycles. The fraction of sp³-hybridized carbons (Fsp3) is 0.429. The van der Waals surface area contributed by atoms with E-state index in [-0.39, 0.29) is 30.4 Å². The number of para-hydroxylation sites is 1. The summed E-state index contributed by atoms with van der Waals surface area (Å²) in [4.78, 5) is 57.3. The second-order valence-electron chi connectivity index (χ2n) is 10.9. The number of aryl methyl sites for hydroxylation is 1. The van der Waals surface area contributed by atoms with Gasteiger partial charge in [-0.2, -0.15) is 0 Å². The number of benzene rings is 1. The van der Waals surface area contributed by atoms with Crippen molar-refractivity contribution in [2.75, 3.05) is 33.7 Å². The molecule has 5 heterocycles. The Bertz CT molecular complexity index is 1480. The summed E-state index contributed by atoms with van der Waals surface area (Å²) in [7, 11) is 4.87. The van der Waals surface area contributed by atoms with E-state index in [2.05, 4.69) is 4.90 Å². The lowest BCUT2D eigenvalue weighted by molar-refractivity contribution is -0.159. The Morgan fingerprint density at radius 2 is 1.59 bits per heavy atom. The number of hydrogen-bond donors (Lipinski definition) is 0. The van der Waals surface area contributed by atoms with Crippen molar-refractivity contribution in [1.82, 2.24) is 23.8 Å². The second-order valence-corrected chi connectivity index (χ2v) is 10.9. The molecule has 0 unspecified atom stereocenters. The quantitative estimate of drug-likeness (QED) is 0.511. The number of fused-ring (bicyclic) bond motifs is 5. The molecule has 0 saturated carbocycles. The molecule has 0 radical (unpaired) electrons. The topological polar surface area (TPSA) is 87.9 Å². The Hall–Kier alpha value is -3.72. The van der Waals surface area contributed by atoms with Gasteiger partial charge in [-0.25, -0.2) is 4.79 Å². The third-order valence-electron chi connectivity index (χ3n) is 8.52. The number of imide groups is 2. The first kappa shape index (κ1) is 23.7. The highest BCUT2D eigenvalue weighted by Gasteiger charge is 2.57. The van der Waals surface area contributed by atoms with Gasteiger partial charge in [-0.05, 0) is 36.5 Å². The van der Waals surface area contributed by atoms with Gasteiger partial charge in [0.25, 0.3) is 5.56 Å². The molecule has 2 bridgehead atoms. The number of barbiturate groups is 1. The van der Waals surface area contributed by atoms with Crippen LogP contribution in [0.4, 0.5) is 4.79 Å². The lowest BCUT2D eigenvalue weighted by Crippen LogP contribution is -2.67. The zero-order valence-corrected chi connectivity index (χ0v) is 21.4. The van der Waals surface area contributed by atoms with Crippen molar-refractivity contribution < 1.29 is 14.4 Å². The smallest absolute Gasteiger partial charge is 0.332 e. The zero-order chi connectivity index (χ0) is 26.1. The zero-order valence-electron chi connectivity index (χ0n) is 21.4. The van der Waals surface area contributed by atoms with Crippen molar-refractivity contribution in [3.8, 4) is 0 Å². The van der Waals surface area contributed by atoms with E-state index < -0.39 is 23.3 Å². The second kappa shape index (κ2) is 8.41. The number of carbonyl (C=O) groups excluding carboxylic acids is 3. The molecule has 2 aromatic heterocycles. The Labute approximate surface area is 214 Å². The first-order chi connectivity index (χ1) is 17.7. The van der Waals surface area contributed by atoms with Gasteiger partial charge in [-0.1, -0.05) is 24.3 Å². The molecule has 3 aliphatic heterocycles. The summed E-state index contributed by atoms with van der Waals surface area (Å²) >= 11 is 0. The molecule has 9 nitrogen and oxygen atoms in total. The van der Waals surface area contributed by atoms with Crippen molar-refractivity contribution in [3.05, 3.63) is 70.3 Å². The summed E-state index contributed by atoms with van der Waals surface area (Å²) < 4.78 is 3.88. The van der Waals surface area contributed by atoms with Crippen molar-refractivity contribution in [2.24, 2.45) is 18.4 Å². The predicted octanol–water partition coefficient (Wildman–Crippen LogP) is 2.04. The third-order valence-corrected chi connectivity index (χ3v) is 8.52. The fourth-order valence-corrected chi connectivity index (χ4v) is 6.87. The van der Waals surface area contributed by atoms with E-state index in [0.29, 0.717) is 19.6 Å². The van der Waals surface area contributed by atoms with E-state index >= 15 is 0 Å². The molecule has 4 amide bonds. The minimum absolute atomic E-state index is 0.0208. The number of nitrogens with zero attached hydrogens (tertiary/aromatic N) is 5. The normalized spacial score (nSPS) is 23.6. The number of hydrogen-bond acceptors (Lipinski definition) is 5. The molecule has 37 heavy (non-hydrogen) atoms. The number of piperidine rings is 1. The van der Waals surface area contributed by atoms with E-state index in [0.717, 1.165) is 38.4 Å². The molecule has 2 atom stereocenters. The van der Waals surface area contributed by atoms with Crippen LogP contribution in [0.15, 0.2) is 53.5 Å². The van der Waals surface area contributed by atoms with Gasteiger partial charge in [0.1, 0.15) is 5.41 Å². The molecule has 3 aliphatic rings. The predicted molar refractivity (Wildman–Crippen MR) is 138 cm³/mol. The number of likely N-dealkylation sites (tertiary alicyclic amines) is 1. The van der Waals surface area contributed by atoms with Crippen LogP contribution in [-0.4, -0.2) is 75.4 Å². The maximum Gasteiger partial charge on any atom is 0.332 e. The highest BCUT2D eigenvalue weighted by Crippen LogP contribution is 2.40. The Morgan fingerprint density at radius 1 is 0.865 bits per heavy atom. The largest absolute Gasteiger partial charge is 0.350 e. The summed E-state index contributed by atoms with van der Waals surface area (Å²) in [5.41, 5.74) is 1.54. The van der Waals surface area contributed by atoms with Crippen LogP contribution in [0.1, 0.15) is 23.6 Å². The first-order valence-electron chi connectivity index (χ1n) is 12.7.